The van der Waals surface area contributed by atoms with Crippen molar-refractivity contribution in [2.75, 3.05) is 13.1 Å². The summed E-state index contributed by atoms with van der Waals surface area (Å²) >= 11 is 0. The summed E-state index contributed by atoms with van der Waals surface area (Å²) in [4.78, 5) is 11.7. The second kappa shape index (κ2) is 7.94. The number of sulfonamides is 1. The van der Waals surface area contributed by atoms with Crippen LogP contribution in [0.15, 0.2) is 52.0 Å². The number of rotatable bonds is 8. The predicted molar refractivity (Wildman–Crippen MR) is 86.7 cm³/mol. The Hall–Kier alpha value is -2.12. The highest BCUT2D eigenvalue weighted by Gasteiger charge is 2.20. The van der Waals surface area contributed by atoms with E-state index >= 15 is 0 Å². The van der Waals surface area contributed by atoms with Gasteiger partial charge in [-0.1, -0.05) is 37.3 Å². The minimum absolute atomic E-state index is 0.0121. The van der Waals surface area contributed by atoms with Crippen LogP contribution in [0.1, 0.15) is 29.5 Å². The fourth-order valence-corrected chi connectivity index (χ4v) is 2.92. The Bertz CT molecular complexity index is 738. The molecule has 1 aromatic carbocycles. The molecule has 2 aromatic rings. The third-order valence-electron chi connectivity index (χ3n) is 3.15. The van der Waals surface area contributed by atoms with Crippen molar-refractivity contribution >= 4 is 15.9 Å². The Balaban J connectivity index is 1.94. The van der Waals surface area contributed by atoms with Gasteiger partial charge in [0, 0.05) is 13.1 Å². The van der Waals surface area contributed by atoms with Crippen LogP contribution in [0, 0.1) is 0 Å². The quantitative estimate of drug-likeness (QED) is 0.771. The monoisotopic (exact) mass is 336 g/mol. The SMILES string of the molecule is CCCNC(=O)c1ccc(S(=O)(=O)NCCc2ccccc2)o1. The first-order valence-corrected chi connectivity index (χ1v) is 8.93. The van der Waals surface area contributed by atoms with Crippen LogP contribution in [0.3, 0.4) is 0 Å². The van der Waals surface area contributed by atoms with E-state index in [-0.39, 0.29) is 17.4 Å². The van der Waals surface area contributed by atoms with Crippen LogP contribution >= 0.6 is 0 Å². The van der Waals surface area contributed by atoms with Crippen molar-refractivity contribution in [3.8, 4) is 0 Å². The number of amides is 1. The number of furan rings is 1. The molecule has 0 aliphatic rings. The Labute approximate surface area is 135 Å². The van der Waals surface area contributed by atoms with E-state index in [2.05, 4.69) is 10.0 Å². The molecule has 124 valence electrons. The van der Waals surface area contributed by atoms with Crippen molar-refractivity contribution in [2.24, 2.45) is 0 Å². The van der Waals surface area contributed by atoms with Crippen molar-refractivity contribution in [1.29, 1.82) is 0 Å². The van der Waals surface area contributed by atoms with Gasteiger partial charge < -0.3 is 9.73 Å². The summed E-state index contributed by atoms with van der Waals surface area (Å²) in [6.07, 6.45) is 1.36. The molecule has 1 amide bonds. The summed E-state index contributed by atoms with van der Waals surface area (Å²) < 4.78 is 31.9. The van der Waals surface area contributed by atoms with Gasteiger partial charge in [0.2, 0.25) is 5.09 Å². The zero-order chi connectivity index (χ0) is 16.7. The van der Waals surface area contributed by atoms with Crippen molar-refractivity contribution in [1.82, 2.24) is 10.0 Å². The summed E-state index contributed by atoms with van der Waals surface area (Å²) in [6, 6.07) is 12.2. The number of hydrogen-bond acceptors (Lipinski definition) is 4. The van der Waals surface area contributed by atoms with Crippen molar-refractivity contribution < 1.29 is 17.6 Å². The summed E-state index contributed by atoms with van der Waals surface area (Å²) in [5, 5.41) is 2.37. The molecule has 0 saturated heterocycles. The Morgan fingerprint density at radius 1 is 1.09 bits per heavy atom. The lowest BCUT2D eigenvalue weighted by Crippen LogP contribution is -2.26. The van der Waals surface area contributed by atoms with Crippen LogP contribution in [0.2, 0.25) is 0 Å². The highest BCUT2D eigenvalue weighted by Crippen LogP contribution is 2.14. The molecule has 0 bridgehead atoms. The molecular formula is C16H20N2O4S. The van der Waals surface area contributed by atoms with Gasteiger partial charge in [-0.2, -0.15) is 0 Å². The normalized spacial score (nSPS) is 11.3. The van der Waals surface area contributed by atoms with E-state index in [1.54, 1.807) is 0 Å². The van der Waals surface area contributed by atoms with Gasteiger partial charge in [0.25, 0.3) is 15.9 Å². The number of benzene rings is 1. The molecule has 0 fully saturated rings. The zero-order valence-electron chi connectivity index (χ0n) is 12.9. The van der Waals surface area contributed by atoms with E-state index in [0.29, 0.717) is 13.0 Å². The first-order chi connectivity index (χ1) is 11.0. The van der Waals surface area contributed by atoms with Gasteiger partial charge in [0.15, 0.2) is 5.76 Å². The Morgan fingerprint density at radius 3 is 2.52 bits per heavy atom. The topological polar surface area (TPSA) is 88.4 Å². The Kier molecular flexibility index (Phi) is 5.95. The molecule has 23 heavy (non-hydrogen) atoms. The van der Waals surface area contributed by atoms with Gasteiger partial charge in [-0.15, -0.1) is 0 Å². The first kappa shape index (κ1) is 17.2. The van der Waals surface area contributed by atoms with Crippen molar-refractivity contribution in [3.05, 3.63) is 53.8 Å². The lowest BCUT2D eigenvalue weighted by Gasteiger charge is -2.04. The van der Waals surface area contributed by atoms with E-state index < -0.39 is 15.9 Å². The van der Waals surface area contributed by atoms with Crippen LogP contribution in [0.25, 0.3) is 0 Å². The number of hydrogen-bond donors (Lipinski definition) is 2. The third kappa shape index (κ3) is 4.94. The second-order valence-electron chi connectivity index (χ2n) is 5.01. The van der Waals surface area contributed by atoms with Crippen LogP contribution < -0.4 is 10.0 Å². The van der Waals surface area contributed by atoms with Crippen LogP contribution in [-0.4, -0.2) is 27.4 Å². The molecule has 1 aromatic heterocycles. The van der Waals surface area contributed by atoms with Gasteiger partial charge in [-0.25, -0.2) is 13.1 Å². The molecule has 2 rings (SSSR count). The third-order valence-corrected chi connectivity index (χ3v) is 4.49. The van der Waals surface area contributed by atoms with Crippen LogP contribution in [0.5, 0.6) is 0 Å². The van der Waals surface area contributed by atoms with Gasteiger partial charge >= 0.3 is 0 Å². The van der Waals surface area contributed by atoms with Gasteiger partial charge in [0.05, 0.1) is 0 Å². The largest absolute Gasteiger partial charge is 0.438 e. The maximum atomic E-state index is 12.1. The van der Waals surface area contributed by atoms with Gasteiger partial charge in [0.1, 0.15) is 0 Å². The maximum absolute atomic E-state index is 12.1. The fourth-order valence-electron chi connectivity index (χ4n) is 1.96. The van der Waals surface area contributed by atoms with Crippen LogP contribution in [0.4, 0.5) is 0 Å². The highest BCUT2D eigenvalue weighted by molar-refractivity contribution is 7.89. The van der Waals surface area contributed by atoms with Crippen LogP contribution in [-0.2, 0) is 16.4 Å². The van der Waals surface area contributed by atoms with E-state index in [4.69, 9.17) is 4.42 Å². The zero-order valence-corrected chi connectivity index (χ0v) is 13.7. The molecule has 0 spiro atoms. The molecule has 0 radical (unpaired) electrons. The van der Waals surface area contributed by atoms with E-state index in [1.165, 1.54) is 12.1 Å². The minimum atomic E-state index is -3.76. The number of nitrogens with one attached hydrogen (secondary N) is 2. The molecular weight excluding hydrogens is 316 g/mol. The smallest absolute Gasteiger partial charge is 0.287 e. The van der Waals surface area contributed by atoms with E-state index in [0.717, 1.165) is 12.0 Å². The molecule has 2 N–H and O–H groups in total. The lowest BCUT2D eigenvalue weighted by molar-refractivity contribution is 0.0920. The van der Waals surface area contributed by atoms with Crippen molar-refractivity contribution in [2.45, 2.75) is 24.9 Å². The summed E-state index contributed by atoms with van der Waals surface area (Å²) in [7, 11) is -3.76. The Morgan fingerprint density at radius 2 is 1.83 bits per heavy atom. The molecule has 0 aliphatic heterocycles. The van der Waals surface area contributed by atoms with Gasteiger partial charge in [-0.3, -0.25) is 4.79 Å². The molecule has 7 heteroatoms. The fraction of sp³-hybridized carbons (Fsp3) is 0.312. The second-order valence-corrected chi connectivity index (χ2v) is 6.71. The highest BCUT2D eigenvalue weighted by atomic mass is 32.2. The van der Waals surface area contributed by atoms with Crippen molar-refractivity contribution in [3.63, 3.8) is 0 Å². The predicted octanol–water partition coefficient (Wildman–Crippen LogP) is 1.94. The summed E-state index contributed by atoms with van der Waals surface area (Å²) in [5.74, 6) is -0.431. The molecule has 0 aliphatic carbocycles. The van der Waals surface area contributed by atoms with E-state index in [1.807, 2.05) is 37.3 Å². The minimum Gasteiger partial charge on any atom is -0.438 e. The average molecular weight is 336 g/mol. The summed E-state index contributed by atoms with van der Waals surface area (Å²) in [6.45, 7) is 2.69. The lowest BCUT2D eigenvalue weighted by atomic mass is 10.2. The average Bonchev–Trinajstić information content (AvgIpc) is 3.04. The molecule has 0 unspecified atom stereocenters. The van der Waals surface area contributed by atoms with E-state index in [9.17, 15) is 13.2 Å². The maximum Gasteiger partial charge on any atom is 0.287 e. The first-order valence-electron chi connectivity index (χ1n) is 7.44. The number of carbonyl (C=O) groups excluding carboxylic acids is 1. The molecule has 0 saturated carbocycles. The summed E-state index contributed by atoms with van der Waals surface area (Å²) in [5.41, 5.74) is 1.04. The number of carbonyl (C=O) groups is 1. The standard InChI is InChI=1S/C16H20N2O4S/c1-2-11-17-16(19)14-8-9-15(22-14)23(20,21)18-12-10-13-6-4-3-5-7-13/h3-9,18H,2,10-12H2,1H3,(H,17,19). The molecule has 1 heterocycles. The molecule has 6 nitrogen and oxygen atoms in total. The molecule has 0 atom stereocenters. The van der Waals surface area contributed by atoms with Gasteiger partial charge in [-0.05, 0) is 30.5 Å².